The number of phenols is 1. The highest BCUT2D eigenvalue weighted by molar-refractivity contribution is 7.12. The van der Waals surface area contributed by atoms with Gasteiger partial charge in [0.1, 0.15) is 5.75 Å². The van der Waals surface area contributed by atoms with E-state index in [0.29, 0.717) is 16.9 Å². The number of nitrogens with one attached hydrogen (secondary N) is 1. The molecule has 0 radical (unpaired) electrons. The molecule has 0 bridgehead atoms. The van der Waals surface area contributed by atoms with Gasteiger partial charge >= 0.3 is 0 Å². The van der Waals surface area contributed by atoms with Crippen LogP contribution in [0.2, 0.25) is 0 Å². The SMILES string of the molecule is C=CCc1cccc(/C=N\NC(=O)c2cccs2)c1O. The van der Waals surface area contributed by atoms with Crippen LogP contribution in [0, 0.1) is 0 Å². The molecule has 0 spiro atoms. The van der Waals surface area contributed by atoms with Crippen LogP contribution in [-0.2, 0) is 6.42 Å². The Balaban J connectivity index is 2.06. The number of thiophene rings is 1. The van der Waals surface area contributed by atoms with Crippen molar-refractivity contribution in [3.05, 3.63) is 64.4 Å². The summed E-state index contributed by atoms with van der Waals surface area (Å²) < 4.78 is 0. The summed E-state index contributed by atoms with van der Waals surface area (Å²) in [6.07, 6.45) is 3.72. The topological polar surface area (TPSA) is 61.7 Å². The molecule has 1 heterocycles. The van der Waals surface area contributed by atoms with E-state index in [2.05, 4.69) is 17.1 Å². The quantitative estimate of drug-likeness (QED) is 0.504. The van der Waals surface area contributed by atoms with Gasteiger partial charge in [0.2, 0.25) is 0 Å². The van der Waals surface area contributed by atoms with Gasteiger partial charge in [0.25, 0.3) is 5.91 Å². The fraction of sp³-hybridized carbons (Fsp3) is 0.0667. The van der Waals surface area contributed by atoms with Crippen LogP contribution in [-0.4, -0.2) is 17.2 Å². The maximum absolute atomic E-state index is 11.7. The largest absolute Gasteiger partial charge is 0.507 e. The number of hydrogen-bond donors (Lipinski definition) is 2. The molecule has 4 nitrogen and oxygen atoms in total. The third-order valence-corrected chi connectivity index (χ3v) is 3.50. The van der Waals surface area contributed by atoms with E-state index in [-0.39, 0.29) is 11.7 Å². The van der Waals surface area contributed by atoms with Crippen LogP contribution >= 0.6 is 11.3 Å². The van der Waals surface area contributed by atoms with E-state index in [1.54, 1.807) is 24.3 Å². The zero-order valence-corrected chi connectivity index (χ0v) is 11.6. The average molecular weight is 286 g/mol. The third kappa shape index (κ3) is 3.33. The van der Waals surface area contributed by atoms with Crippen LogP contribution in [0.15, 0.2) is 53.5 Å². The van der Waals surface area contributed by atoms with Crippen LogP contribution in [0.3, 0.4) is 0 Å². The number of carbonyl (C=O) groups is 1. The number of rotatable bonds is 5. The van der Waals surface area contributed by atoms with Crippen LogP contribution in [0.5, 0.6) is 5.75 Å². The number of phenolic OH excluding ortho intramolecular Hbond substituents is 1. The second-order valence-corrected chi connectivity index (χ2v) is 4.97. The van der Waals surface area contributed by atoms with Crippen LogP contribution in [0.4, 0.5) is 0 Å². The van der Waals surface area contributed by atoms with Gasteiger partial charge in [-0.2, -0.15) is 5.10 Å². The monoisotopic (exact) mass is 286 g/mol. The van der Waals surface area contributed by atoms with Gasteiger partial charge in [-0.3, -0.25) is 4.79 Å². The number of hydrazone groups is 1. The molecule has 2 aromatic rings. The lowest BCUT2D eigenvalue weighted by atomic mass is 10.1. The first-order valence-corrected chi connectivity index (χ1v) is 6.89. The Morgan fingerprint density at radius 3 is 2.95 bits per heavy atom. The minimum Gasteiger partial charge on any atom is -0.507 e. The first-order chi connectivity index (χ1) is 9.72. The standard InChI is InChI=1S/C15H14N2O2S/c1-2-5-11-6-3-7-12(14(11)18)10-16-17-15(19)13-8-4-9-20-13/h2-4,6-10,18H,1,5H2,(H,17,19)/b16-10-. The van der Waals surface area contributed by atoms with Crippen molar-refractivity contribution < 1.29 is 9.90 Å². The molecule has 0 aliphatic heterocycles. The van der Waals surface area contributed by atoms with E-state index in [1.807, 2.05) is 17.5 Å². The number of amides is 1. The first-order valence-electron chi connectivity index (χ1n) is 6.01. The number of aromatic hydroxyl groups is 1. The molecule has 0 atom stereocenters. The van der Waals surface area contributed by atoms with E-state index in [4.69, 9.17) is 0 Å². The number of allylic oxidation sites excluding steroid dienone is 1. The predicted molar refractivity (Wildman–Crippen MR) is 81.4 cm³/mol. The predicted octanol–water partition coefficient (Wildman–Crippen LogP) is 2.95. The Labute approximate surface area is 121 Å². The smallest absolute Gasteiger partial charge is 0.281 e. The highest BCUT2D eigenvalue weighted by Crippen LogP contribution is 2.21. The van der Waals surface area contributed by atoms with Crippen molar-refractivity contribution in [2.24, 2.45) is 5.10 Å². The molecule has 102 valence electrons. The summed E-state index contributed by atoms with van der Waals surface area (Å²) in [7, 11) is 0. The molecule has 1 aromatic carbocycles. The molecule has 0 saturated heterocycles. The maximum atomic E-state index is 11.7. The Bertz CT molecular complexity index is 633. The van der Waals surface area contributed by atoms with Gasteiger partial charge in [-0.15, -0.1) is 17.9 Å². The summed E-state index contributed by atoms with van der Waals surface area (Å²) in [6, 6.07) is 8.88. The van der Waals surface area contributed by atoms with Crippen molar-refractivity contribution in [1.29, 1.82) is 0 Å². The van der Waals surface area contributed by atoms with Crippen molar-refractivity contribution in [1.82, 2.24) is 5.43 Å². The molecule has 1 aromatic heterocycles. The summed E-state index contributed by atoms with van der Waals surface area (Å²) in [6.45, 7) is 3.64. The van der Waals surface area contributed by atoms with Crippen molar-refractivity contribution in [3.63, 3.8) is 0 Å². The first kappa shape index (κ1) is 14.0. The summed E-state index contributed by atoms with van der Waals surface area (Å²) in [5.74, 6) is -0.112. The molecular formula is C15H14N2O2S. The van der Waals surface area contributed by atoms with Crippen LogP contribution in [0.25, 0.3) is 0 Å². The molecule has 0 unspecified atom stereocenters. The van der Waals surface area contributed by atoms with Crippen molar-refractivity contribution in [3.8, 4) is 5.75 Å². The second-order valence-electron chi connectivity index (χ2n) is 4.02. The number of carbonyl (C=O) groups excluding carboxylic acids is 1. The zero-order valence-electron chi connectivity index (χ0n) is 10.7. The van der Waals surface area contributed by atoms with E-state index in [0.717, 1.165) is 5.56 Å². The molecule has 20 heavy (non-hydrogen) atoms. The molecule has 2 rings (SSSR count). The summed E-state index contributed by atoms with van der Waals surface area (Å²) in [5.41, 5.74) is 3.75. The molecular weight excluding hydrogens is 272 g/mol. The van der Waals surface area contributed by atoms with Gasteiger partial charge < -0.3 is 5.11 Å². The Kier molecular flexibility index (Phi) is 4.68. The maximum Gasteiger partial charge on any atom is 0.281 e. The highest BCUT2D eigenvalue weighted by atomic mass is 32.1. The molecule has 1 amide bonds. The number of nitrogens with zero attached hydrogens (tertiary/aromatic N) is 1. The van der Waals surface area contributed by atoms with Gasteiger partial charge in [-0.1, -0.05) is 24.3 Å². The van der Waals surface area contributed by atoms with Crippen molar-refractivity contribution in [2.45, 2.75) is 6.42 Å². The molecule has 0 aliphatic carbocycles. The van der Waals surface area contributed by atoms with Gasteiger partial charge in [-0.05, 0) is 29.5 Å². The fourth-order valence-electron chi connectivity index (χ4n) is 1.66. The number of benzene rings is 1. The normalized spacial score (nSPS) is 10.6. The minimum atomic E-state index is -0.266. The highest BCUT2D eigenvalue weighted by Gasteiger charge is 2.05. The summed E-state index contributed by atoms with van der Waals surface area (Å²) in [4.78, 5) is 12.2. The average Bonchev–Trinajstić information content (AvgIpc) is 2.97. The van der Waals surface area contributed by atoms with E-state index in [1.165, 1.54) is 17.6 Å². The summed E-state index contributed by atoms with van der Waals surface area (Å²) in [5, 5.41) is 15.7. The van der Waals surface area contributed by atoms with Gasteiger partial charge in [0.05, 0.1) is 11.1 Å². The van der Waals surface area contributed by atoms with E-state index in [9.17, 15) is 9.90 Å². The number of hydrogen-bond acceptors (Lipinski definition) is 4. The van der Waals surface area contributed by atoms with Crippen molar-refractivity contribution in [2.75, 3.05) is 0 Å². The van der Waals surface area contributed by atoms with Gasteiger partial charge in [0.15, 0.2) is 0 Å². The van der Waals surface area contributed by atoms with Crippen molar-refractivity contribution >= 4 is 23.5 Å². The van der Waals surface area contributed by atoms with Gasteiger partial charge in [-0.25, -0.2) is 5.43 Å². The molecule has 0 aliphatic rings. The number of para-hydroxylation sites is 1. The lowest BCUT2D eigenvalue weighted by Crippen LogP contribution is -2.16. The van der Waals surface area contributed by atoms with E-state index >= 15 is 0 Å². The third-order valence-electron chi connectivity index (χ3n) is 2.63. The lowest BCUT2D eigenvalue weighted by molar-refractivity contribution is 0.0959. The molecule has 0 fully saturated rings. The fourth-order valence-corrected chi connectivity index (χ4v) is 2.27. The zero-order chi connectivity index (χ0) is 14.4. The Morgan fingerprint density at radius 1 is 1.40 bits per heavy atom. The molecule has 5 heteroatoms. The molecule has 2 N–H and O–H groups in total. The Morgan fingerprint density at radius 2 is 2.25 bits per heavy atom. The second kappa shape index (κ2) is 6.68. The Hall–Kier alpha value is -2.40. The van der Waals surface area contributed by atoms with Gasteiger partial charge in [0, 0.05) is 5.56 Å². The van der Waals surface area contributed by atoms with Crippen LogP contribution in [0.1, 0.15) is 20.8 Å². The summed E-state index contributed by atoms with van der Waals surface area (Å²) >= 11 is 1.34. The van der Waals surface area contributed by atoms with E-state index < -0.39 is 0 Å². The van der Waals surface area contributed by atoms with Crippen LogP contribution < -0.4 is 5.43 Å². The lowest BCUT2D eigenvalue weighted by Gasteiger charge is -2.04. The molecule has 0 saturated carbocycles. The minimum absolute atomic E-state index is 0.154.